The molecule has 0 aliphatic carbocycles. The zero-order valence-electron chi connectivity index (χ0n) is 15.8. The molecule has 1 aromatic heterocycles. The van der Waals surface area contributed by atoms with Crippen molar-refractivity contribution in [2.45, 2.75) is 19.4 Å². The van der Waals surface area contributed by atoms with Crippen molar-refractivity contribution in [3.8, 4) is 11.3 Å². The summed E-state index contributed by atoms with van der Waals surface area (Å²) in [6.45, 7) is 1.95. The molecule has 29 heavy (non-hydrogen) atoms. The smallest absolute Gasteiger partial charge is 0.223 e. The van der Waals surface area contributed by atoms with Crippen molar-refractivity contribution in [2.75, 3.05) is 18.0 Å². The van der Waals surface area contributed by atoms with Gasteiger partial charge < -0.3 is 10.2 Å². The van der Waals surface area contributed by atoms with Crippen molar-refractivity contribution >= 4 is 22.4 Å². The summed E-state index contributed by atoms with van der Waals surface area (Å²) in [7, 11) is 0. The first-order chi connectivity index (χ1) is 14.1. The van der Waals surface area contributed by atoms with Crippen molar-refractivity contribution in [1.82, 2.24) is 10.3 Å². The summed E-state index contributed by atoms with van der Waals surface area (Å²) in [5.41, 5.74) is 2.61. The summed E-state index contributed by atoms with van der Waals surface area (Å²) in [5.74, 6) is -0.524. The fourth-order valence-electron chi connectivity index (χ4n) is 3.43. The maximum absolute atomic E-state index is 13.1. The maximum atomic E-state index is 13.1. The van der Waals surface area contributed by atoms with Gasteiger partial charge in [0.1, 0.15) is 11.6 Å². The number of benzene rings is 2. The Kier molecular flexibility index (Phi) is 5.85. The van der Waals surface area contributed by atoms with Gasteiger partial charge in [-0.15, -0.1) is 11.3 Å². The lowest BCUT2D eigenvalue weighted by Crippen LogP contribution is -2.40. The number of thiazole rings is 1. The zero-order chi connectivity index (χ0) is 20.2. The summed E-state index contributed by atoms with van der Waals surface area (Å²) in [6.07, 6.45) is 1.53. The molecular weight excluding hydrogens is 392 g/mol. The molecule has 0 radical (unpaired) electrons. The molecule has 7 heteroatoms. The summed E-state index contributed by atoms with van der Waals surface area (Å²) >= 11 is 1.56. The molecule has 1 aliphatic rings. The van der Waals surface area contributed by atoms with Crippen LogP contribution in [-0.2, 0) is 11.3 Å². The van der Waals surface area contributed by atoms with E-state index in [1.165, 1.54) is 24.3 Å². The van der Waals surface area contributed by atoms with E-state index in [1.807, 2.05) is 5.38 Å². The second kappa shape index (κ2) is 8.69. The predicted molar refractivity (Wildman–Crippen MR) is 111 cm³/mol. The molecular formula is C22H21F2N3OS. The number of rotatable bonds is 5. The Morgan fingerprint density at radius 3 is 2.31 bits per heavy atom. The lowest BCUT2D eigenvalue weighted by molar-refractivity contribution is -0.125. The number of amides is 1. The highest BCUT2D eigenvalue weighted by Gasteiger charge is 2.26. The third-order valence-corrected chi connectivity index (χ3v) is 6.05. The van der Waals surface area contributed by atoms with Gasteiger partial charge in [0, 0.05) is 36.5 Å². The summed E-state index contributed by atoms with van der Waals surface area (Å²) < 4.78 is 26.0. The van der Waals surface area contributed by atoms with Gasteiger partial charge in [0.25, 0.3) is 0 Å². The first-order valence-corrected chi connectivity index (χ1v) is 10.4. The molecule has 3 aromatic rings. The van der Waals surface area contributed by atoms with Crippen molar-refractivity contribution < 1.29 is 13.6 Å². The van der Waals surface area contributed by atoms with E-state index >= 15 is 0 Å². The first-order valence-electron chi connectivity index (χ1n) is 9.57. The molecule has 1 aliphatic heterocycles. The monoisotopic (exact) mass is 413 g/mol. The van der Waals surface area contributed by atoms with Crippen LogP contribution in [0.25, 0.3) is 11.3 Å². The van der Waals surface area contributed by atoms with Crippen LogP contribution >= 0.6 is 11.3 Å². The molecule has 150 valence electrons. The Balaban J connectivity index is 1.29. The largest absolute Gasteiger partial charge is 0.352 e. The molecule has 4 nitrogen and oxygen atoms in total. The standard InChI is InChI=1S/C22H21F2N3OS/c23-18-5-1-15(2-6-18)13-25-21(28)17-9-11-27(12-10-17)22-26-20(14-29-22)16-3-7-19(24)8-4-16/h1-8,14,17H,9-13H2,(H,25,28). The lowest BCUT2D eigenvalue weighted by Gasteiger charge is -2.31. The average molecular weight is 413 g/mol. The molecule has 0 saturated carbocycles. The van der Waals surface area contributed by atoms with Crippen LogP contribution in [0.1, 0.15) is 18.4 Å². The van der Waals surface area contributed by atoms with Crippen molar-refractivity contribution in [3.05, 3.63) is 71.1 Å². The number of halogens is 2. The normalized spacial score (nSPS) is 14.8. The predicted octanol–water partition coefficient (Wildman–Crippen LogP) is 4.62. The van der Waals surface area contributed by atoms with Gasteiger partial charge in [-0.3, -0.25) is 4.79 Å². The number of aromatic nitrogens is 1. The van der Waals surface area contributed by atoms with E-state index in [1.54, 1.807) is 35.6 Å². The number of piperidine rings is 1. The van der Waals surface area contributed by atoms with Gasteiger partial charge in [0.05, 0.1) is 5.69 Å². The number of nitrogens with one attached hydrogen (secondary N) is 1. The van der Waals surface area contributed by atoms with Gasteiger partial charge >= 0.3 is 0 Å². The van der Waals surface area contributed by atoms with Crippen LogP contribution in [-0.4, -0.2) is 24.0 Å². The van der Waals surface area contributed by atoms with Crippen LogP contribution in [0.4, 0.5) is 13.9 Å². The number of hydrogen-bond acceptors (Lipinski definition) is 4. The molecule has 2 heterocycles. The molecule has 1 amide bonds. The minimum Gasteiger partial charge on any atom is -0.352 e. The molecule has 1 saturated heterocycles. The molecule has 0 atom stereocenters. The minimum atomic E-state index is -0.280. The maximum Gasteiger partial charge on any atom is 0.223 e. The Bertz CT molecular complexity index is 964. The third-order valence-electron chi connectivity index (χ3n) is 5.15. The van der Waals surface area contributed by atoms with Crippen LogP contribution in [0.2, 0.25) is 0 Å². The van der Waals surface area contributed by atoms with Crippen molar-refractivity contribution in [1.29, 1.82) is 0 Å². The number of carbonyl (C=O) groups excluding carboxylic acids is 1. The van der Waals surface area contributed by atoms with Crippen LogP contribution in [0.15, 0.2) is 53.9 Å². The highest BCUT2D eigenvalue weighted by molar-refractivity contribution is 7.14. The number of nitrogens with zero attached hydrogens (tertiary/aromatic N) is 2. The minimum absolute atomic E-state index is 0.0248. The fourth-order valence-corrected chi connectivity index (χ4v) is 4.32. The van der Waals surface area contributed by atoms with Gasteiger partial charge in [0.2, 0.25) is 5.91 Å². The van der Waals surface area contributed by atoms with E-state index in [2.05, 4.69) is 15.2 Å². The van der Waals surface area contributed by atoms with Gasteiger partial charge in [-0.25, -0.2) is 13.8 Å². The van der Waals surface area contributed by atoms with E-state index in [9.17, 15) is 13.6 Å². The van der Waals surface area contributed by atoms with E-state index in [0.717, 1.165) is 47.9 Å². The lowest BCUT2D eigenvalue weighted by atomic mass is 9.96. The molecule has 0 bridgehead atoms. The van der Waals surface area contributed by atoms with Gasteiger partial charge in [-0.2, -0.15) is 0 Å². The number of carbonyl (C=O) groups is 1. The zero-order valence-corrected chi connectivity index (χ0v) is 16.6. The SMILES string of the molecule is O=C(NCc1ccc(F)cc1)C1CCN(c2nc(-c3ccc(F)cc3)cs2)CC1. The van der Waals surface area contributed by atoms with Crippen LogP contribution in [0.3, 0.4) is 0 Å². The van der Waals surface area contributed by atoms with Crippen molar-refractivity contribution in [3.63, 3.8) is 0 Å². The molecule has 2 aromatic carbocycles. The fraction of sp³-hybridized carbons (Fsp3) is 0.273. The van der Waals surface area contributed by atoms with E-state index in [-0.39, 0.29) is 23.5 Å². The molecule has 1 N–H and O–H groups in total. The molecule has 0 unspecified atom stereocenters. The van der Waals surface area contributed by atoms with E-state index < -0.39 is 0 Å². The first kappa shape index (κ1) is 19.5. The van der Waals surface area contributed by atoms with Gasteiger partial charge in [-0.05, 0) is 54.8 Å². The van der Waals surface area contributed by atoms with E-state index in [0.29, 0.717) is 6.54 Å². The number of anilines is 1. The Morgan fingerprint density at radius 1 is 1.03 bits per heavy atom. The quantitative estimate of drug-likeness (QED) is 0.664. The van der Waals surface area contributed by atoms with Gasteiger partial charge in [-0.1, -0.05) is 12.1 Å². The van der Waals surface area contributed by atoms with Gasteiger partial charge in [0.15, 0.2) is 5.13 Å². The molecule has 0 spiro atoms. The van der Waals surface area contributed by atoms with Crippen LogP contribution in [0, 0.1) is 17.6 Å². The average Bonchev–Trinajstić information content (AvgIpc) is 3.24. The molecule has 4 rings (SSSR count). The molecule has 1 fully saturated rings. The second-order valence-electron chi connectivity index (χ2n) is 7.13. The number of hydrogen-bond donors (Lipinski definition) is 1. The second-order valence-corrected chi connectivity index (χ2v) is 7.96. The van der Waals surface area contributed by atoms with Crippen molar-refractivity contribution in [2.24, 2.45) is 5.92 Å². The summed E-state index contributed by atoms with van der Waals surface area (Å²) in [5, 5.41) is 5.85. The Morgan fingerprint density at radius 2 is 1.66 bits per heavy atom. The van der Waals surface area contributed by atoms with Crippen LogP contribution in [0.5, 0.6) is 0 Å². The Hall–Kier alpha value is -2.80. The third kappa shape index (κ3) is 4.79. The topological polar surface area (TPSA) is 45.2 Å². The van der Waals surface area contributed by atoms with E-state index in [4.69, 9.17) is 0 Å². The highest BCUT2D eigenvalue weighted by atomic mass is 32.1. The van der Waals surface area contributed by atoms with Crippen LogP contribution < -0.4 is 10.2 Å². The Labute approximate surface area is 172 Å². The summed E-state index contributed by atoms with van der Waals surface area (Å²) in [6, 6.07) is 12.5. The summed E-state index contributed by atoms with van der Waals surface area (Å²) in [4.78, 5) is 19.3. The highest BCUT2D eigenvalue weighted by Crippen LogP contribution is 2.30.